The fourth-order valence-corrected chi connectivity index (χ4v) is 3.30. The number of hydrogen-bond acceptors (Lipinski definition) is 6. The summed E-state index contributed by atoms with van der Waals surface area (Å²) in [7, 11) is 0. The van der Waals surface area contributed by atoms with Gasteiger partial charge < -0.3 is 10.6 Å². The summed E-state index contributed by atoms with van der Waals surface area (Å²) in [6.45, 7) is 4.75. The van der Waals surface area contributed by atoms with E-state index in [0.717, 1.165) is 49.8 Å². The van der Waals surface area contributed by atoms with E-state index in [9.17, 15) is 0 Å². The van der Waals surface area contributed by atoms with Gasteiger partial charge in [0.2, 0.25) is 0 Å². The quantitative estimate of drug-likeness (QED) is 0.745. The van der Waals surface area contributed by atoms with Gasteiger partial charge in [0.1, 0.15) is 12.1 Å². The van der Waals surface area contributed by atoms with Crippen molar-refractivity contribution in [1.82, 2.24) is 25.2 Å². The molecule has 3 aromatic rings. The summed E-state index contributed by atoms with van der Waals surface area (Å²) in [5.74, 6) is 0.924. The number of hydrogen-bond donors (Lipinski definition) is 2. The van der Waals surface area contributed by atoms with E-state index in [1.807, 2.05) is 36.5 Å². The van der Waals surface area contributed by atoms with Gasteiger partial charge in [-0.05, 0) is 24.3 Å². The third kappa shape index (κ3) is 3.75. The number of rotatable bonds is 5. The van der Waals surface area contributed by atoms with Crippen LogP contribution in [-0.4, -0.2) is 52.6 Å². The van der Waals surface area contributed by atoms with Crippen LogP contribution in [0.3, 0.4) is 0 Å². The number of aromatic nitrogens is 3. The molecule has 128 valence electrons. The maximum absolute atomic E-state index is 4.67. The van der Waals surface area contributed by atoms with Gasteiger partial charge in [-0.25, -0.2) is 15.0 Å². The van der Waals surface area contributed by atoms with Crippen LogP contribution in [-0.2, 0) is 0 Å². The molecule has 2 aromatic heterocycles. The van der Waals surface area contributed by atoms with E-state index in [1.54, 1.807) is 6.33 Å². The van der Waals surface area contributed by atoms with Crippen LogP contribution in [0.15, 0.2) is 55.0 Å². The molecule has 1 aliphatic heterocycles. The summed E-state index contributed by atoms with van der Waals surface area (Å²) >= 11 is 0. The van der Waals surface area contributed by atoms with E-state index in [-0.39, 0.29) is 0 Å². The van der Waals surface area contributed by atoms with E-state index in [1.165, 1.54) is 5.39 Å². The minimum absolute atomic E-state index is 0.295. The Morgan fingerprint density at radius 1 is 1.16 bits per heavy atom. The Hall–Kier alpha value is -2.57. The zero-order chi connectivity index (χ0) is 16.9. The van der Waals surface area contributed by atoms with Crippen LogP contribution >= 0.6 is 0 Å². The molecule has 1 atom stereocenters. The number of nitrogens with one attached hydrogen (secondary N) is 2. The molecule has 0 spiro atoms. The lowest BCUT2D eigenvalue weighted by Crippen LogP contribution is -2.47. The summed E-state index contributed by atoms with van der Waals surface area (Å²) in [5.41, 5.74) is 2.10. The first kappa shape index (κ1) is 15.9. The second kappa shape index (κ2) is 7.55. The lowest BCUT2D eigenvalue weighted by Gasteiger charge is -2.35. The molecule has 1 fully saturated rings. The fraction of sp³-hybridized carbons (Fsp3) is 0.316. The smallest absolute Gasteiger partial charge is 0.126 e. The fourth-order valence-electron chi connectivity index (χ4n) is 3.30. The number of para-hydroxylation sites is 1. The Morgan fingerprint density at radius 3 is 3.04 bits per heavy atom. The molecule has 0 radical (unpaired) electrons. The molecular weight excluding hydrogens is 312 g/mol. The van der Waals surface area contributed by atoms with Gasteiger partial charge in [-0.2, -0.15) is 0 Å². The predicted octanol–water partition coefficient (Wildman–Crippen LogP) is 2.08. The molecule has 1 aromatic carbocycles. The zero-order valence-electron chi connectivity index (χ0n) is 14.1. The number of pyridine rings is 1. The van der Waals surface area contributed by atoms with Crippen molar-refractivity contribution in [2.45, 2.75) is 6.04 Å². The zero-order valence-corrected chi connectivity index (χ0v) is 14.1. The monoisotopic (exact) mass is 334 g/mol. The highest BCUT2D eigenvalue weighted by molar-refractivity contribution is 5.80. The topological polar surface area (TPSA) is 66.0 Å². The third-order valence-corrected chi connectivity index (χ3v) is 4.60. The van der Waals surface area contributed by atoms with Crippen LogP contribution in [0.2, 0.25) is 0 Å². The van der Waals surface area contributed by atoms with E-state index in [4.69, 9.17) is 0 Å². The molecule has 25 heavy (non-hydrogen) atoms. The minimum Gasteiger partial charge on any atom is -0.369 e. The highest BCUT2D eigenvalue weighted by Gasteiger charge is 2.24. The SMILES string of the molecule is c1ccc2nc(NCCN3CCNCC3c3ccncn3)ccc2c1. The van der Waals surface area contributed by atoms with Crippen LogP contribution in [0.5, 0.6) is 0 Å². The van der Waals surface area contributed by atoms with Crippen molar-refractivity contribution in [3.05, 3.63) is 60.7 Å². The number of anilines is 1. The average Bonchev–Trinajstić information content (AvgIpc) is 2.69. The molecule has 4 rings (SSSR count). The van der Waals surface area contributed by atoms with Crippen molar-refractivity contribution < 1.29 is 0 Å². The summed E-state index contributed by atoms with van der Waals surface area (Å²) in [6.07, 6.45) is 3.44. The summed E-state index contributed by atoms with van der Waals surface area (Å²) in [6, 6.07) is 14.6. The molecular formula is C19H22N6. The third-order valence-electron chi connectivity index (χ3n) is 4.60. The second-order valence-electron chi connectivity index (χ2n) is 6.21. The van der Waals surface area contributed by atoms with Crippen LogP contribution in [0.1, 0.15) is 11.7 Å². The highest BCUT2D eigenvalue weighted by Crippen LogP contribution is 2.19. The van der Waals surface area contributed by atoms with Gasteiger partial charge in [0.05, 0.1) is 17.3 Å². The Balaban J connectivity index is 1.39. The molecule has 6 nitrogen and oxygen atoms in total. The Bertz CT molecular complexity index is 822. The first-order valence-corrected chi connectivity index (χ1v) is 8.70. The number of fused-ring (bicyclic) bond motifs is 1. The van der Waals surface area contributed by atoms with Gasteiger partial charge in [-0.1, -0.05) is 18.2 Å². The normalized spacial score (nSPS) is 18.3. The lowest BCUT2D eigenvalue weighted by molar-refractivity contribution is 0.165. The molecule has 6 heteroatoms. The highest BCUT2D eigenvalue weighted by atomic mass is 15.2. The van der Waals surface area contributed by atoms with E-state index in [0.29, 0.717) is 6.04 Å². The van der Waals surface area contributed by atoms with E-state index < -0.39 is 0 Å². The first-order valence-electron chi connectivity index (χ1n) is 8.70. The largest absolute Gasteiger partial charge is 0.369 e. The molecule has 1 saturated heterocycles. The van der Waals surface area contributed by atoms with Gasteiger partial charge in [0, 0.05) is 44.3 Å². The van der Waals surface area contributed by atoms with Crippen LogP contribution in [0.25, 0.3) is 10.9 Å². The van der Waals surface area contributed by atoms with Crippen LogP contribution in [0.4, 0.5) is 5.82 Å². The van der Waals surface area contributed by atoms with E-state index >= 15 is 0 Å². The Kier molecular flexibility index (Phi) is 4.81. The molecule has 2 N–H and O–H groups in total. The van der Waals surface area contributed by atoms with Crippen LogP contribution in [0, 0.1) is 0 Å². The molecule has 1 unspecified atom stereocenters. The molecule has 0 aliphatic carbocycles. The van der Waals surface area contributed by atoms with Gasteiger partial charge in [-0.15, -0.1) is 0 Å². The van der Waals surface area contributed by atoms with Gasteiger partial charge in [0.15, 0.2) is 0 Å². The lowest BCUT2D eigenvalue weighted by atomic mass is 10.1. The summed E-state index contributed by atoms with van der Waals surface area (Å²) in [4.78, 5) is 15.6. The molecule has 3 heterocycles. The van der Waals surface area contributed by atoms with E-state index in [2.05, 4.69) is 42.6 Å². The minimum atomic E-state index is 0.295. The van der Waals surface area contributed by atoms with Crippen molar-refractivity contribution in [2.24, 2.45) is 0 Å². The van der Waals surface area contributed by atoms with Crippen molar-refractivity contribution >= 4 is 16.7 Å². The standard InChI is InChI=1S/C19H22N6/c1-2-4-16-15(3-1)5-6-19(24-16)22-10-12-25-11-9-20-13-18(25)17-7-8-21-14-23-17/h1-8,14,18,20H,9-13H2,(H,22,24). The van der Waals surface area contributed by atoms with Crippen molar-refractivity contribution in [2.75, 3.05) is 38.0 Å². The van der Waals surface area contributed by atoms with Gasteiger partial charge in [-0.3, -0.25) is 4.90 Å². The Morgan fingerprint density at radius 2 is 2.12 bits per heavy atom. The predicted molar refractivity (Wildman–Crippen MR) is 99.4 cm³/mol. The van der Waals surface area contributed by atoms with Crippen molar-refractivity contribution in [3.63, 3.8) is 0 Å². The number of benzene rings is 1. The maximum Gasteiger partial charge on any atom is 0.126 e. The number of piperazine rings is 1. The van der Waals surface area contributed by atoms with Crippen molar-refractivity contribution in [1.29, 1.82) is 0 Å². The molecule has 0 amide bonds. The van der Waals surface area contributed by atoms with Gasteiger partial charge >= 0.3 is 0 Å². The molecule has 0 bridgehead atoms. The summed E-state index contributed by atoms with van der Waals surface area (Å²) in [5, 5.41) is 8.07. The number of nitrogens with zero attached hydrogens (tertiary/aromatic N) is 4. The maximum atomic E-state index is 4.67. The van der Waals surface area contributed by atoms with Crippen molar-refractivity contribution in [3.8, 4) is 0 Å². The van der Waals surface area contributed by atoms with Gasteiger partial charge in [0.25, 0.3) is 0 Å². The summed E-state index contributed by atoms with van der Waals surface area (Å²) < 4.78 is 0. The second-order valence-corrected chi connectivity index (χ2v) is 6.21. The molecule has 0 saturated carbocycles. The average molecular weight is 334 g/mol. The Labute approximate surface area is 147 Å². The molecule has 1 aliphatic rings. The van der Waals surface area contributed by atoms with Crippen LogP contribution < -0.4 is 10.6 Å². The first-order chi connectivity index (χ1) is 12.4.